The third-order valence-electron chi connectivity index (χ3n) is 3.38. The fraction of sp³-hybridized carbons (Fsp3) is 0.250. The maximum absolute atomic E-state index is 13.4. The van der Waals surface area contributed by atoms with Crippen LogP contribution in [0.3, 0.4) is 0 Å². The van der Waals surface area contributed by atoms with E-state index in [1.807, 2.05) is 31.2 Å². The van der Waals surface area contributed by atoms with E-state index in [1.165, 1.54) is 6.07 Å². The Balaban J connectivity index is 2.29. The second-order valence-electron chi connectivity index (χ2n) is 4.97. The fourth-order valence-electron chi connectivity index (χ4n) is 2.04. The summed E-state index contributed by atoms with van der Waals surface area (Å²) in [5.41, 5.74) is 0.909. The molecule has 0 heterocycles. The molecule has 0 bridgehead atoms. The van der Waals surface area contributed by atoms with Gasteiger partial charge in [0.1, 0.15) is 11.6 Å². The van der Waals surface area contributed by atoms with Gasteiger partial charge in [0.25, 0.3) is 0 Å². The Bertz CT molecular complexity index is 618. The van der Waals surface area contributed by atoms with Crippen LogP contribution in [0.25, 0.3) is 0 Å². The maximum Gasteiger partial charge on any atom is 0.137 e. The lowest BCUT2D eigenvalue weighted by atomic mass is 9.92. The molecule has 0 aliphatic rings. The Hall–Kier alpha value is -1.59. The van der Waals surface area contributed by atoms with Crippen molar-refractivity contribution >= 4 is 21.6 Å². The number of benzene rings is 2. The van der Waals surface area contributed by atoms with Gasteiger partial charge in [-0.3, -0.25) is 0 Å². The Labute approximate surface area is 131 Å². The van der Waals surface area contributed by atoms with Gasteiger partial charge < -0.3 is 15.2 Å². The van der Waals surface area contributed by atoms with Crippen LogP contribution in [0, 0.1) is 5.82 Å². The normalized spacial score (nSPS) is 13.6. The molecule has 0 radical (unpaired) electrons. The number of rotatable bonds is 5. The molecule has 0 aromatic heterocycles. The number of hydrogen-bond donors (Lipinski definition) is 2. The Kier molecular flexibility index (Phi) is 4.85. The molecule has 112 valence electrons. The van der Waals surface area contributed by atoms with Crippen molar-refractivity contribution in [3.8, 4) is 5.75 Å². The topological polar surface area (TPSA) is 41.5 Å². The first-order valence-corrected chi connectivity index (χ1v) is 7.26. The van der Waals surface area contributed by atoms with Crippen LogP contribution in [0.15, 0.2) is 46.9 Å². The van der Waals surface area contributed by atoms with E-state index in [9.17, 15) is 9.50 Å². The first-order valence-electron chi connectivity index (χ1n) is 6.47. The number of ether oxygens (including phenoxy) is 1. The molecule has 1 unspecified atom stereocenters. The van der Waals surface area contributed by atoms with E-state index >= 15 is 0 Å². The van der Waals surface area contributed by atoms with E-state index in [4.69, 9.17) is 4.74 Å². The highest BCUT2D eigenvalue weighted by atomic mass is 79.9. The maximum atomic E-state index is 13.4. The van der Waals surface area contributed by atoms with Gasteiger partial charge in [0.05, 0.1) is 23.7 Å². The van der Waals surface area contributed by atoms with Gasteiger partial charge in [-0.1, -0.05) is 6.07 Å². The minimum absolute atomic E-state index is 0.128. The number of aliphatic hydroxyl groups excluding tert-OH is 1. The molecule has 0 fully saturated rings. The number of halogens is 2. The summed E-state index contributed by atoms with van der Waals surface area (Å²) in [6.07, 6.45) is 0. The molecule has 2 aromatic rings. The monoisotopic (exact) mass is 353 g/mol. The van der Waals surface area contributed by atoms with Gasteiger partial charge in [-0.15, -0.1) is 0 Å². The second kappa shape index (κ2) is 6.45. The Morgan fingerprint density at radius 1 is 1.24 bits per heavy atom. The number of methoxy groups -OCH3 is 1. The summed E-state index contributed by atoms with van der Waals surface area (Å²) in [6.45, 7) is 1.73. The Morgan fingerprint density at radius 3 is 2.43 bits per heavy atom. The van der Waals surface area contributed by atoms with Gasteiger partial charge >= 0.3 is 0 Å². The van der Waals surface area contributed by atoms with Crippen molar-refractivity contribution in [3.63, 3.8) is 0 Å². The second-order valence-corrected chi connectivity index (χ2v) is 5.83. The van der Waals surface area contributed by atoms with Crippen molar-refractivity contribution in [2.45, 2.75) is 12.5 Å². The third kappa shape index (κ3) is 3.54. The van der Waals surface area contributed by atoms with Crippen molar-refractivity contribution < 1.29 is 14.2 Å². The zero-order valence-electron chi connectivity index (χ0n) is 11.9. The summed E-state index contributed by atoms with van der Waals surface area (Å²) < 4.78 is 18.8. The fourth-order valence-corrected chi connectivity index (χ4v) is 2.41. The van der Waals surface area contributed by atoms with E-state index in [-0.39, 0.29) is 12.4 Å². The zero-order valence-corrected chi connectivity index (χ0v) is 13.4. The van der Waals surface area contributed by atoms with Crippen LogP contribution in [0.2, 0.25) is 0 Å². The van der Waals surface area contributed by atoms with Crippen molar-refractivity contribution in [3.05, 3.63) is 58.3 Å². The molecule has 3 nitrogen and oxygen atoms in total. The average molecular weight is 354 g/mol. The first kappa shape index (κ1) is 15.8. The summed E-state index contributed by atoms with van der Waals surface area (Å²) >= 11 is 3.17. The van der Waals surface area contributed by atoms with Crippen molar-refractivity contribution in [2.75, 3.05) is 19.0 Å². The highest BCUT2D eigenvalue weighted by molar-refractivity contribution is 9.10. The van der Waals surface area contributed by atoms with Crippen LogP contribution in [0.1, 0.15) is 12.5 Å². The molecule has 0 saturated heterocycles. The highest BCUT2D eigenvalue weighted by Crippen LogP contribution is 2.29. The highest BCUT2D eigenvalue weighted by Gasteiger charge is 2.26. The number of nitrogens with one attached hydrogen (secondary N) is 1. The number of anilines is 1. The summed E-state index contributed by atoms with van der Waals surface area (Å²) in [7, 11) is 1.61. The van der Waals surface area contributed by atoms with Gasteiger partial charge in [-0.2, -0.15) is 0 Å². The van der Waals surface area contributed by atoms with Gasteiger partial charge in [0.15, 0.2) is 0 Å². The van der Waals surface area contributed by atoms with Crippen molar-refractivity contribution in [2.24, 2.45) is 0 Å². The predicted octanol–water partition coefficient (Wildman–Crippen LogP) is 3.92. The SMILES string of the molecule is COc1ccc(NC(C)(CO)c2ccc(F)c(Br)c2)cc1. The minimum atomic E-state index is -0.717. The van der Waals surface area contributed by atoms with E-state index in [2.05, 4.69) is 21.2 Å². The Morgan fingerprint density at radius 2 is 1.90 bits per heavy atom. The lowest BCUT2D eigenvalue weighted by Gasteiger charge is -2.31. The molecule has 2 aromatic carbocycles. The molecule has 5 heteroatoms. The summed E-state index contributed by atoms with van der Waals surface area (Å²) in [4.78, 5) is 0. The van der Waals surface area contributed by atoms with Crippen LogP contribution in [0.4, 0.5) is 10.1 Å². The molecule has 2 rings (SSSR count). The lowest BCUT2D eigenvalue weighted by Crippen LogP contribution is -2.35. The molecular weight excluding hydrogens is 337 g/mol. The van der Waals surface area contributed by atoms with Gasteiger partial charge in [-0.25, -0.2) is 4.39 Å². The molecular formula is C16H17BrFNO2. The summed E-state index contributed by atoms with van der Waals surface area (Å²) in [5.74, 6) is 0.430. The zero-order chi connectivity index (χ0) is 15.5. The van der Waals surface area contributed by atoms with E-state index in [1.54, 1.807) is 19.2 Å². The molecule has 0 spiro atoms. The van der Waals surface area contributed by atoms with Crippen LogP contribution in [-0.4, -0.2) is 18.8 Å². The smallest absolute Gasteiger partial charge is 0.137 e. The number of hydrogen-bond acceptors (Lipinski definition) is 3. The summed E-state index contributed by atoms with van der Waals surface area (Å²) in [5, 5.41) is 13.0. The first-order chi connectivity index (χ1) is 9.98. The van der Waals surface area contributed by atoms with E-state index in [0.29, 0.717) is 4.47 Å². The van der Waals surface area contributed by atoms with Gasteiger partial charge in [0, 0.05) is 5.69 Å². The molecule has 0 aliphatic heterocycles. The lowest BCUT2D eigenvalue weighted by molar-refractivity contribution is 0.224. The largest absolute Gasteiger partial charge is 0.497 e. The third-order valence-corrected chi connectivity index (χ3v) is 3.99. The van der Waals surface area contributed by atoms with Crippen LogP contribution in [-0.2, 0) is 5.54 Å². The minimum Gasteiger partial charge on any atom is -0.497 e. The molecule has 1 atom stereocenters. The quantitative estimate of drug-likeness (QED) is 0.855. The molecule has 0 saturated carbocycles. The molecule has 0 aliphatic carbocycles. The van der Waals surface area contributed by atoms with Crippen LogP contribution >= 0.6 is 15.9 Å². The van der Waals surface area contributed by atoms with Gasteiger partial charge in [0.2, 0.25) is 0 Å². The van der Waals surface area contributed by atoms with Crippen molar-refractivity contribution in [1.82, 2.24) is 0 Å². The van der Waals surface area contributed by atoms with E-state index < -0.39 is 5.54 Å². The molecule has 21 heavy (non-hydrogen) atoms. The standard InChI is InChI=1S/C16H17BrFNO2/c1-16(10-20,11-3-8-15(18)14(17)9-11)19-12-4-6-13(21-2)7-5-12/h3-9,19-20H,10H2,1-2H3. The molecule has 0 amide bonds. The van der Waals surface area contributed by atoms with Gasteiger partial charge in [-0.05, 0) is 64.8 Å². The van der Waals surface area contributed by atoms with E-state index in [0.717, 1.165) is 17.0 Å². The van der Waals surface area contributed by atoms with Crippen molar-refractivity contribution in [1.29, 1.82) is 0 Å². The predicted molar refractivity (Wildman–Crippen MR) is 85.2 cm³/mol. The van der Waals surface area contributed by atoms with Crippen LogP contribution < -0.4 is 10.1 Å². The molecule has 2 N–H and O–H groups in total. The van der Waals surface area contributed by atoms with Crippen LogP contribution in [0.5, 0.6) is 5.75 Å². The average Bonchev–Trinajstić information content (AvgIpc) is 2.50. The number of aliphatic hydroxyl groups is 1. The summed E-state index contributed by atoms with van der Waals surface area (Å²) in [6, 6.07) is 12.1.